The Bertz CT molecular complexity index is 514. The van der Waals surface area contributed by atoms with Gasteiger partial charge >= 0.3 is 12.1 Å². The molecule has 1 rings (SSSR count). The summed E-state index contributed by atoms with van der Waals surface area (Å²) < 4.78 is 37.1. The van der Waals surface area contributed by atoms with Crippen LogP contribution in [0.25, 0.3) is 0 Å². The maximum atomic E-state index is 12.4. The molecular formula is C11H10ClF3N2O3. The maximum absolute atomic E-state index is 12.4. The van der Waals surface area contributed by atoms with Crippen molar-refractivity contribution in [3.05, 3.63) is 28.5 Å². The van der Waals surface area contributed by atoms with Gasteiger partial charge in [-0.05, 0) is 19.1 Å². The van der Waals surface area contributed by atoms with Crippen LogP contribution >= 0.6 is 11.6 Å². The third kappa shape index (κ3) is 5.04. The first-order valence-corrected chi connectivity index (χ1v) is 5.68. The van der Waals surface area contributed by atoms with Gasteiger partial charge in [-0.1, -0.05) is 11.6 Å². The zero-order chi connectivity index (χ0) is 15.5. The number of nitrogens with zero attached hydrogens (tertiary/aromatic N) is 2. The van der Waals surface area contributed by atoms with Gasteiger partial charge in [0.2, 0.25) is 0 Å². The number of alkyl halides is 3. The Morgan fingerprint density at radius 3 is 2.45 bits per heavy atom. The fraction of sp³-hybridized carbons (Fsp3) is 0.364. The van der Waals surface area contributed by atoms with E-state index in [1.165, 1.54) is 13.0 Å². The van der Waals surface area contributed by atoms with E-state index in [2.05, 4.69) is 4.98 Å². The molecule has 0 fully saturated rings. The maximum Gasteiger partial charge on any atom is 0.406 e. The Morgan fingerprint density at radius 2 is 2.00 bits per heavy atom. The summed E-state index contributed by atoms with van der Waals surface area (Å²) in [4.78, 5) is 26.5. The number of aliphatic carboxylic acids is 1. The lowest BCUT2D eigenvalue weighted by molar-refractivity contribution is -0.149. The van der Waals surface area contributed by atoms with Crippen LogP contribution in [0.1, 0.15) is 16.1 Å². The molecule has 0 bridgehead atoms. The topological polar surface area (TPSA) is 70.5 Å². The van der Waals surface area contributed by atoms with Crippen molar-refractivity contribution in [3.8, 4) is 0 Å². The predicted octanol–water partition coefficient (Wildman–Crippen LogP) is 2.13. The molecule has 1 amide bonds. The summed E-state index contributed by atoms with van der Waals surface area (Å²) in [6.45, 7) is -1.21. The van der Waals surface area contributed by atoms with Crippen molar-refractivity contribution in [1.29, 1.82) is 0 Å². The molecule has 0 saturated heterocycles. The SMILES string of the molecule is Cc1cc(C(=O)N(CC(=O)O)CC(F)(F)F)cc(Cl)n1. The number of carbonyl (C=O) groups is 2. The molecule has 1 heterocycles. The minimum atomic E-state index is -4.70. The zero-order valence-electron chi connectivity index (χ0n) is 10.2. The molecule has 0 radical (unpaired) electrons. The van der Waals surface area contributed by atoms with Gasteiger partial charge in [0.15, 0.2) is 0 Å². The minimum Gasteiger partial charge on any atom is -0.480 e. The molecule has 0 atom stereocenters. The van der Waals surface area contributed by atoms with Crippen LogP contribution in [-0.2, 0) is 4.79 Å². The van der Waals surface area contributed by atoms with Crippen LogP contribution in [0.3, 0.4) is 0 Å². The molecule has 0 aliphatic rings. The number of carboxylic acids is 1. The molecule has 5 nitrogen and oxygen atoms in total. The highest BCUT2D eigenvalue weighted by molar-refractivity contribution is 6.29. The van der Waals surface area contributed by atoms with Crippen molar-refractivity contribution in [1.82, 2.24) is 9.88 Å². The van der Waals surface area contributed by atoms with E-state index < -0.39 is 31.1 Å². The van der Waals surface area contributed by atoms with E-state index >= 15 is 0 Å². The minimum absolute atomic E-state index is 0.0596. The lowest BCUT2D eigenvalue weighted by atomic mass is 10.2. The second-order valence-corrected chi connectivity index (χ2v) is 4.38. The Hall–Kier alpha value is -1.83. The lowest BCUT2D eigenvalue weighted by Crippen LogP contribution is -2.42. The summed E-state index contributed by atoms with van der Waals surface area (Å²) in [6.07, 6.45) is -4.70. The first-order valence-electron chi connectivity index (χ1n) is 5.30. The standard InChI is InChI=1S/C11H10ClF3N2O3/c1-6-2-7(3-8(12)16-6)10(20)17(4-9(18)19)5-11(13,14)15/h2-3H,4-5H2,1H3,(H,18,19). The van der Waals surface area contributed by atoms with Crippen molar-refractivity contribution in [2.24, 2.45) is 0 Å². The highest BCUT2D eigenvalue weighted by Gasteiger charge is 2.34. The second kappa shape index (κ2) is 6.08. The lowest BCUT2D eigenvalue weighted by Gasteiger charge is -2.22. The average molecular weight is 311 g/mol. The van der Waals surface area contributed by atoms with Crippen molar-refractivity contribution in [3.63, 3.8) is 0 Å². The summed E-state index contributed by atoms with van der Waals surface area (Å²) >= 11 is 5.62. The smallest absolute Gasteiger partial charge is 0.406 e. The number of hydrogen-bond acceptors (Lipinski definition) is 3. The zero-order valence-corrected chi connectivity index (χ0v) is 11.0. The van der Waals surface area contributed by atoms with Crippen LogP contribution in [-0.4, -0.2) is 46.1 Å². The Labute approximate surface area is 117 Å². The van der Waals surface area contributed by atoms with Crippen molar-refractivity contribution >= 4 is 23.5 Å². The van der Waals surface area contributed by atoms with Crippen molar-refractivity contribution in [2.75, 3.05) is 13.1 Å². The molecule has 110 valence electrons. The van der Waals surface area contributed by atoms with E-state index in [1.807, 2.05) is 0 Å². The molecule has 0 saturated carbocycles. The van der Waals surface area contributed by atoms with Crippen LogP contribution < -0.4 is 0 Å². The van der Waals surface area contributed by atoms with E-state index in [0.717, 1.165) is 6.07 Å². The molecule has 0 aromatic carbocycles. The fourth-order valence-corrected chi connectivity index (χ4v) is 1.76. The van der Waals surface area contributed by atoms with E-state index in [-0.39, 0.29) is 15.6 Å². The van der Waals surface area contributed by atoms with Gasteiger partial charge in [0.25, 0.3) is 5.91 Å². The highest BCUT2D eigenvalue weighted by atomic mass is 35.5. The van der Waals surface area contributed by atoms with Crippen molar-refractivity contribution in [2.45, 2.75) is 13.1 Å². The van der Waals surface area contributed by atoms with Gasteiger partial charge in [0, 0.05) is 11.3 Å². The number of carboxylic acid groups (broad SMARTS) is 1. The number of carbonyl (C=O) groups excluding carboxylic acids is 1. The molecule has 9 heteroatoms. The fourth-order valence-electron chi connectivity index (χ4n) is 1.51. The summed E-state index contributed by atoms with van der Waals surface area (Å²) in [6, 6.07) is 2.32. The van der Waals surface area contributed by atoms with Gasteiger partial charge < -0.3 is 10.0 Å². The summed E-state index contributed by atoms with van der Waals surface area (Å²) in [5, 5.41) is 8.53. The molecule has 0 unspecified atom stereocenters. The summed E-state index contributed by atoms with van der Waals surface area (Å²) in [5.74, 6) is -2.61. The molecule has 0 spiro atoms. The summed E-state index contributed by atoms with van der Waals surface area (Å²) in [5.41, 5.74) is 0.191. The monoisotopic (exact) mass is 310 g/mol. The number of aromatic nitrogens is 1. The molecular weight excluding hydrogens is 301 g/mol. The van der Waals surface area contributed by atoms with Crippen LogP contribution in [0.2, 0.25) is 5.15 Å². The number of halogens is 4. The van der Waals surface area contributed by atoms with Gasteiger partial charge in [-0.25, -0.2) is 4.98 Å². The van der Waals surface area contributed by atoms with E-state index in [0.29, 0.717) is 5.69 Å². The van der Waals surface area contributed by atoms with Gasteiger partial charge in [0.05, 0.1) is 0 Å². The van der Waals surface area contributed by atoms with Gasteiger partial charge in [0.1, 0.15) is 18.2 Å². The first kappa shape index (κ1) is 16.2. The van der Waals surface area contributed by atoms with Crippen LogP contribution in [0, 0.1) is 6.92 Å². The first-order chi connectivity index (χ1) is 9.08. The predicted molar refractivity (Wildman–Crippen MR) is 63.6 cm³/mol. The molecule has 0 aliphatic heterocycles. The average Bonchev–Trinajstić information content (AvgIpc) is 2.23. The largest absolute Gasteiger partial charge is 0.480 e. The normalized spacial score (nSPS) is 11.2. The number of aryl methyl sites for hydroxylation is 1. The van der Waals surface area contributed by atoms with Crippen LogP contribution in [0.5, 0.6) is 0 Å². The third-order valence-electron chi connectivity index (χ3n) is 2.15. The quantitative estimate of drug-likeness (QED) is 0.865. The van der Waals surface area contributed by atoms with Gasteiger partial charge in [-0.3, -0.25) is 9.59 Å². The van der Waals surface area contributed by atoms with E-state index in [4.69, 9.17) is 16.7 Å². The molecule has 1 aromatic heterocycles. The third-order valence-corrected chi connectivity index (χ3v) is 2.35. The molecule has 1 aromatic rings. The number of pyridine rings is 1. The van der Waals surface area contributed by atoms with Crippen molar-refractivity contribution < 1.29 is 27.9 Å². The molecule has 20 heavy (non-hydrogen) atoms. The Balaban J connectivity index is 3.06. The van der Waals surface area contributed by atoms with Gasteiger partial charge in [-0.2, -0.15) is 13.2 Å². The molecule has 0 aliphatic carbocycles. The Kier molecular flexibility index (Phi) is 4.93. The van der Waals surface area contributed by atoms with Crippen LogP contribution in [0.4, 0.5) is 13.2 Å². The second-order valence-electron chi connectivity index (χ2n) is 3.99. The highest BCUT2D eigenvalue weighted by Crippen LogP contribution is 2.19. The van der Waals surface area contributed by atoms with Gasteiger partial charge in [-0.15, -0.1) is 0 Å². The van der Waals surface area contributed by atoms with E-state index in [9.17, 15) is 22.8 Å². The van der Waals surface area contributed by atoms with E-state index in [1.54, 1.807) is 0 Å². The van der Waals surface area contributed by atoms with Crippen LogP contribution in [0.15, 0.2) is 12.1 Å². The number of rotatable bonds is 4. The molecule has 1 N–H and O–H groups in total. The summed E-state index contributed by atoms with van der Waals surface area (Å²) in [7, 11) is 0. The Morgan fingerprint density at radius 1 is 1.40 bits per heavy atom. The number of hydrogen-bond donors (Lipinski definition) is 1. The number of amides is 1.